The highest BCUT2D eigenvalue weighted by molar-refractivity contribution is 6.31. The number of nitrogens with zero attached hydrogens (tertiary/aromatic N) is 3. The molecule has 0 aromatic heterocycles. The lowest BCUT2D eigenvalue weighted by Gasteiger charge is -2.38. The molecule has 0 aliphatic carbocycles. The van der Waals surface area contributed by atoms with Crippen LogP contribution in [-0.2, 0) is 0 Å². The van der Waals surface area contributed by atoms with E-state index in [1.807, 2.05) is 18.2 Å². The number of benzene rings is 2. The molecule has 1 fully saturated rings. The van der Waals surface area contributed by atoms with Gasteiger partial charge in [0.2, 0.25) is 0 Å². The minimum Gasteiger partial charge on any atom is -0.495 e. The molecule has 0 N–H and O–H groups in total. The summed E-state index contributed by atoms with van der Waals surface area (Å²) in [5.74, 6) is 1.50. The van der Waals surface area contributed by atoms with Gasteiger partial charge in [0.25, 0.3) is 5.91 Å². The molecule has 1 saturated heterocycles. The Kier molecular flexibility index (Phi) is 7.11. The molecule has 0 spiro atoms. The van der Waals surface area contributed by atoms with E-state index in [9.17, 15) is 4.79 Å². The molecule has 0 unspecified atom stereocenters. The van der Waals surface area contributed by atoms with E-state index in [1.165, 1.54) is 0 Å². The molecule has 0 radical (unpaired) electrons. The molecule has 0 bridgehead atoms. The summed E-state index contributed by atoms with van der Waals surface area (Å²) in [6, 6.07) is 13.3. The van der Waals surface area contributed by atoms with Crippen molar-refractivity contribution in [3.63, 3.8) is 0 Å². The van der Waals surface area contributed by atoms with Gasteiger partial charge in [0.05, 0.1) is 18.4 Å². The first-order valence-electron chi connectivity index (χ1n) is 9.47. The average molecular weight is 438 g/mol. The largest absolute Gasteiger partial charge is 0.495 e. The van der Waals surface area contributed by atoms with Gasteiger partial charge in [-0.25, -0.2) is 0 Å². The molecule has 29 heavy (non-hydrogen) atoms. The van der Waals surface area contributed by atoms with E-state index in [2.05, 4.69) is 15.9 Å². The van der Waals surface area contributed by atoms with E-state index in [0.717, 1.165) is 44.2 Å². The Hall–Kier alpha value is -2.15. The maximum absolute atomic E-state index is 12.7. The van der Waals surface area contributed by atoms with Crippen LogP contribution in [0, 0.1) is 0 Å². The third kappa shape index (κ3) is 4.71. The van der Waals surface area contributed by atoms with Gasteiger partial charge in [-0.15, -0.1) is 12.4 Å². The number of para-hydroxylation sites is 2. The summed E-state index contributed by atoms with van der Waals surface area (Å²) in [5, 5.41) is 0.546. The molecule has 0 saturated carbocycles. The minimum atomic E-state index is -0.0172. The molecule has 1 amide bonds. The van der Waals surface area contributed by atoms with Gasteiger partial charge in [-0.3, -0.25) is 9.69 Å². The zero-order chi connectivity index (χ0) is 19.5. The molecule has 6 nitrogen and oxygen atoms in total. The van der Waals surface area contributed by atoms with Crippen molar-refractivity contribution in [2.24, 2.45) is 0 Å². The number of piperazine rings is 1. The van der Waals surface area contributed by atoms with E-state index in [4.69, 9.17) is 21.1 Å². The molecule has 2 aromatic carbocycles. The number of carbonyl (C=O) groups is 1. The monoisotopic (exact) mass is 437 g/mol. The quantitative estimate of drug-likeness (QED) is 0.717. The van der Waals surface area contributed by atoms with Crippen LogP contribution >= 0.6 is 24.0 Å². The lowest BCUT2D eigenvalue weighted by molar-refractivity contribution is 0.0488. The molecule has 2 aliphatic heterocycles. The van der Waals surface area contributed by atoms with Crippen LogP contribution in [0.3, 0.4) is 0 Å². The zero-order valence-electron chi connectivity index (χ0n) is 16.3. The van der Waals surface area contributed by atoms with Crippen LogP contribution < -0.4 is 14.4 Å². The van der Waals surface area contributed by atoms with Gasteiger partial charge in [-0.2, -0.15) is 0 Å². The van der Waals surface area contributed by atoms with Crippen LogP contribution in [0.5, 0.6) is 11.5 Å². The summed E-state index contributed by atoms with van der Waals surface area (Å²) in [6.07, 6.45) is 0. The Balaban J connectivity index is 0.00000240. The minimum absolute atomic E-state index is 0. The van der Waals surface area contributed by atoms with Crippen LogP contribution in [0.15, 0.2) is 42.5 Å². The molecule has 0 atom stereocenters. The van der Waals surface area contributed by atoms with Crippen molar-refractivity contribution >= 4 is 35.6 Å². The van der Waals surface area contributed by atoms with Crippen LogP contribution in [0.4, 0.5) is 5.69 Å². The summed E-state index contributed by atoms with van der Waals surface area (Å²) in [4.78, 5) is 19.2. The lowest BCUT2D eigenvalue weighted by atomic mass is 10.1. The van der Waals surface area contributed by atoms with Crippen LogP contribution in [-0.4, -0.2) is 68.8 Å². The second kappa shape index (κ2) is 9.57. The first-order valence-corrected chi connectivity index (χ1v) is 9.85. The Bertz CT molecular complexity index is 857. The number of amides is 1. The predicted octanol–water partition coefficient (Wildman–Crippen LogP) is 3.38. The number of anilines is 1. The third-order valence-electron chi connectivity index (χ3n) is 5.32. The predicted molar refractivity (Wildman–Crippen MR) is 117 cm³/mol. The van der Waals surface area contributed by atoms with Gasteiger partial charge in [-0.1, -0.05) is 23.7 Å². The standard InChI is InChI=1S/C21H24ClN3O3.ClH/c1-27-20-5-3-2-4-18(20)24-11-8-23(9-12-24)10-13-25-15-28-19-7-6-16(22)14-17(19)21(25)26;/h2-7,14H,8-13,15H2,1H3;1H. The highest BCUT2D eigenvalue weighted by Gasteiger charge is 2.27. The molecular formula is C21H25Cl2N3O3. The number of fused-ring (bicyclic) bond motifs is 1. The number of methoxy groups -OCH3 is 1. The summed E-state index contributed by atoms with van der Waals surface area (Å²) >= 11 is 6.03. The van der Waals surface area contributed by atoms with Gasteiger partial charge >= 0.3 is 0 Å². The Morgan fingerprint density at radius 1 is 1.07 bits per heavy atom. The summed E-state index contributed by atoms with van der Waals surface area (Å²) in [7, 11) is 1.71. The number of ether oxygens (including phenoxy) is 2. The van der Waals surface area contributed by atoms with Gasteiger partial charge in [0, 0.05) is 44.3 Å². The van der Waals surface area contributed by atoms with Gasteiger partial charge in [0.1, 0.15) is 11.5 Å². The molecular weight excluding hydrogens is 413 g/mol. The number of hydrogen-bond donors (Lipinski definition) is 0. The van der Waals surface area contributed by atoms with Gasteiger partial charge in [-0.05, 0) is 30.3 Å². The topological polar surface area (TPSA) is 45.2 Å². The average Bonchev–Trinajstić information content (AvgIpc) is 2.74. The van der Waals surface area contributed by atoms with E-state index in [1.54, 1.807) is 30.2 Å². The SMILES string of the molecule is COc1ccccc1N1CCN(CCN2COc3ccc(Cl)cc3C2=O)CC1.Cl. The number of halogens is 2. The van der Waals surface area contributed by atoms with Crippen molar-refractivity contribution in [1.82, 2.24) is 9.80 Å². The van der Waals surface area contributed by atoms with E-state index < -0.39 is 0 Å². The van der Waals surface area contributed by atoms with Crippen LogP contribution in [0.2, 0.25) is 5.02 Å². The Morgan fingerprint density at radius 3 is 2.59 bits per heavy atom. The fourth-order valence-electron chi connectivity index (χ4n) is 3.70. The summed E-state index contributed by atoms with van der Waals surface area (Å²) in [5.41, 5.74) is 1.68. The van der Waals surface area contributed by atoms with Crippen molar-refractivity contribution in [2.45, 2.75) is 0 Å². The number of carbonyl (C=O) groups excluding carboxylic acids is 1. The second-order valence-electron chi connectivity index (χ2n) is 6.98. The van der Waals surface area contributed by atoms with Crippen molar-refractivity contribution in [3.8, 4) is 11.5 Å². The molecule has 4 rings (SSSR count). The number of hydrogen-bond acceptors (Lipinski definition) is 5. The van der Waals surface area contributed by atoms with E-state index in [-0.39, 0.29) is 25.0 Å². The van der Waals surface area contributed by atoms with Crippen molar-refractivity contribution in [2.75, 3.05) is 58.0 Å². The highest BCUT2D eigenvalue weighted by atomic mass is 35.5. The van der Waals surface area contributed by atoms with Crippen molar-refractivity contribution < 1.29 is 14.3 Å². The summed E-state index contributed by atoms with van der Waals surface area (Å²) in [6.45, 7) is 5.51. The zero-order valence-corrected chi connectivity index (χ0v) is 17.9. The molecule has 2 aromatic rings. The van der Waals surface area contributed by atoms with Crippen molar-refractivity contribution in [1.29, 1.82) is 0 Å². The second-order valence-corrected chi connectivity index (χ2v) is 7.42. The van der Waals surface area contributed by atoms with Gasteiger partial charge < -0.3 is 19.3 Å². The van der Waals surface area contributed by atoms with E-state index in [0.29, 0.717) is 22.9 Å². The first kappa shape index (κ1) is 21.6. The van der Waals surface area contributed by atoms with Crippen LogP contribution in [0.25, 0.3) is 0 Å². The smallest absolute Gasteiger partial charge is 0.260 e. The van der Waals surface area contributed by atoms with Crippen molar-refractivity contribution in [3.05, 3.63) is 53.1 Å². The Morgan fingerprint density at radius 2 is 1.83 bits per heavy atom. The highest BCUT2D eigenvalue weighted by Crippen LogP contribution is 2.29. The summed E-state index contributed by atoms with van der Waals surface area (Å²) < 4.78 is 11.2. The third-order valence-corrected chi connectivity index (χ3v) is 5.55. The van der Waals surface area contributed by atoms with E-state index >= 15 is 0 Å². The normalized spacial score (nSPS) is 16.7. The maximum atomic E-state index is 12.7. The Labute approximate surface area is 182 Å². The number of rotatable bonds is 5. The molecule has 2 heterocycles. The molecule has 2 aliphatic rings. The maximum Gasteiger partial charge on any atom is 0.260 e. The fourth-order valence-corrected chi connectivity index (χ4v) is 3.88. The molecule has 8 heteroatoms. The fraction of sp³-hybridized carbons (Fsp3) is 0.381. The molecule has 156 valence electrons. The first-order chi connectivity index (χ1) is 13.7. The van der Waals surface area contributed by atoms with Gasteiger partial charge in [0.15, 0.2) is 6.73 Å². The van der Waals surface area contributed by atoms with Crippen LogP contribution in [0.1, 0.15) is 10.4 Å². The lowest BCUT2D eigenvalue weighted by Crippen LogP contribution is -2.50.